The fourth-order valence-electron chi connectivity index (χ4n) is 2.18. The van der Waals surface area contributed by atoms with Gasteiger partial charge in [-0.3, -0.25) is 4.79 Å². The first-order chi connectivity index (χ1) is 8.18. The predicted molar refractivity (Wildman–Crippen MR) is 79.1 cm³/mol. The third-order valence-corrected chi connectivity index (χ3v) is 4.22. The molecule has 1 aliphatic rings. The van der Waals surface area contributed by atoms with E-state index in [9.17, 15) is 4.79 Å². The molecule has 1 aliphatic carbocycles. The van der Waals surface area contributed by atoms with Crippen molar-refractivity contribution in [1.29, 1.82) is 0 Å². The molecule has 0 aliphatic heterocycles. The van der Waals surface area contributed by atoms with E-state index in [0.717, 1.165) is 30.8 Å². The van der Waals surface area contributed by atoms with Crippen molar-refractivity contribution in [3.8, 4) is 0 Å². The quantitative estimate of drug-likeness (QED) is 0.922. The van der Waals surface area contributed by atoms with Gasteiger partial charge >= 0.3 is 0 Å². The normalized spacial score (nSPS) is 13.9. The van der Waals surface area contributed by atoms with Crippen molar-refractivity contribution in [2.75, 3.05) is 27.2 Å². The van der Waals surface area contributed by atoms with E-state index < -0.39 is 0 Å². The summed E-state index contributed by atoms with van der Waals surface area (Å²) in [5, 5.41) is 5.16. The highest BCUT2D eigenvalue weighted by molar-refractivity contribution is 7.12. The summed E-state index contributed by atoms with van der Waals surface area (Å²) >= 11 is 1.61. The van der Waals surface area contributed by atoms with Gasteiger partial charge in [0.25, 0.3) is 5.91 Å². The minimum Gasteiger partial charge on any atom is -0.350 e. The second-order valence-corrected chi connectivity index (χ2v) is 5.71. The molecule has 1 amide bonds. The number of hydrogen-bond acceptors (Lipinski definition) is 3. The Kier molecular flexibility index (Phi) is 6.12. The summed E-state index contributed by atoms with van der Waals surface area (Å²) in [6, 6.07) is 0. The molecule has 1 aromatic rings. The fraction of sp³-hybridized carbons (Fsp3) is 0.615. The van der Waals surface area contributed by atoms with Crippen LogP contribution in [0.4, 0.5) is 0 Å². The number of rotatable bonds is 4. The Morgan fingerprint density at radius 1 is 1.39 bits per heavy atom. The molecule has 0 saturated heterocycles. The van der Waals surface area contributed by atoms with Gasteiger partial charge in [0.1, 0.15) is 0 Å². The van der Waals surface area contributed by atoms with Crippen LogP contribution in [0.3, 0.4) is 0 Å². The average molecular weight is 289 g/mol. The first-order valence-electron chi connectivity index (χ1n) is 6.20. The Bertz CT molecular complexity index is 404. The number of hydrogen-bond donors (Lipinski definition) is 1. The molecule has 1 heterocycles. The molecular weight excluding hydrogens is 268 g/mol. The van der Waals surface area contributed by atoms with Crippen LogP contribution in [-0.4, -0.2) is 38.0 Å². The van der Waals surface area contributed by atoms with Crippen molar-refractivity contribution in [3.05, 3.63) is 21.4 Å². The van der Waals surface area contributed by atoms with Crippen LogP contribution in [-0.2, 0) is 12.8 Å². The Morgan fingerprint density at radius 2 is 2.11 bits per heavy atom. The number of nitrogens with one attached hydrogen (secondary N) is 1. The first kappa shape index (κ1) is 15.5. The second-order valence-electron chi connectivity index (χ2n) is 4.83. The molecule has 0 saturated carbocycles. The summed E-state index contributed by atoms with van der Waals surface area (Å²) in [4.78, 5) is 15.1. The Morgan fingerprint density at radius 3 is 2.83 bits per heavy atom. The van der Waals surface area contributed by atoms with Crippen molar-refractivity contribution < 1.29 is 4.79 Å². The van der Waals surface area contributed by atoms with Crippen molar-refractivity contribution in [3.63, 3.8) is 0 Å². The Balaban J connectivity index is 0.00000162. The van der Waals surface area contributed by atoms with Crippen molar-refractivity contribution >= 4 is 29.7 Å². The third-order valence-electron chi connectivity index (χ3n) is 3.15. The third kappa shape index (κ3) is 3.70. The summed E-state index contributed by atoms with van der Waals surface area (Å²) in [6.45, 7) is 1.61. The number of carbonyl (C=O) groups is 1. The molecule has 0 bridgehead atoms. The summed E-state index contributed by atoms with van der Waals surface area (Å²) in [5.74, 6) is 0.111. The van der Waals surface area contributed by atoms with E-state index in [1.54, 1.807) is 11.3 Å². The molecule has 1 N–H and O–H groups in total. The van der Waals surface area contributed by atoms with Crippen molar-refractivity contribution in [1.82, 2.24) is 10.2 Å². The maximum atomic E-state index is 12.0. The van der Waals surface area contributed by atoms with E-state index >= 15 is 0 Å². The van der Waals surface area contributed by atoms with E-state index in [-0.39, 0.29) is 18.3 Å². The van der Waals surface area contributed by atoms with Crippen molar-refractivity contribution in [2.45, 2.75) is 25.7 Å². The number of halogens is 1. The van der Waals surface area contributed by atoms with Crippen LogP contribution < -0.4 is 5.32 Å². The summed E-state index contributed by atoms with van der Waals surface area (Å²) in [5.41, 5.74) is 2.71. The number of fused-ring (bicyclic) bond motifs is 1. The lowest BCUT2D eigenvalue weighted by Gasteiger charge is -2.13. The van der Waals surface area contributed by atoms with Gasteiger partial charge in [0.15, 0.2) is 0 Å². The maximum Gasteiger partial charge on any atom is 0.261 e. The summed E-state index contributed by atoms with van der Waals surface area (Å²) in [7, 11) is 4.03. The van der Waals surface area contributed by atoms with Gasteiger partial charge < -0.3 is 10.2 Å². The van der Waals surface area contributed by atoms with Crippen molar-refractivity contribution in [2.24, 2.45) is 0 Å². The van der Waals surface area contributed by atoms with E-state index in [0.29, 0.717) is 0 Å². The lowest BCUT2D eigenvalue weighted by atomic mass is 9.94. The topological polar surface area (TPSA) is 32.3 Å². The zero-order valence-electron chi connectivity index (χ0n) is 11.0. The van der Waals surface area contributed by atoms with Crippen LogP contribution >= 0.6 is 23.7 Å². The molecule has 0 radical (unpaired) electrons. The smallest absolute Gasteiger partial charge is 0.261 e. The number of carbonyl (C=O) groups excluding carboxylic acids is 1. The van der Waals surface area contributed by atoms with Crippen LogP contribution in [0, 0.1) is 0 Å². The van der Waals surface area contributed by atoms with Gasteiger partial charge in [0.05, 0.1) is 4.88 Å². The van der Waals surface area contributed by atoms with Crippen LogP contribution in [0.2, 0.25) is 0 Å². The molecule has 102 valence electrons. The molecule has 0 spiro atoms. The van der Waals surface area contributed by atoms with Gasteiger partial charge in [0, 0.05) is 13.1 Å². The standard InChI is InChI=1S/C13H20N2OS.ClH/c1-15(2)8-7-14-13(16)12-11-6-4-3-5-10(11)9-17-12;/h9H,3-8H2,1-2H3,(H,14,16);1H. The van der Waals surface area contributed by atoms with E-state index in [1.165, 1.54) is 24.0 Å². The van der Waals surface area contributed by atoms with Gasteiger partial charge in [-0.2, -0.15) is 0 Å². The number of likely N-dealkylation sites (N-methyl/N-ethyl adjacent to an activating group) is 1. The summed E-state index contributed by atoms with van der Waals surface area (Å²) < 4.78 is 0. The highest BCUT2D eigenvalue weighted by Gasteiger charge is 2.19. The fourth-order valence-corrected chi connectivity index (χ4v) is 3.26. The lowest BCUT2D eigenvalue weighted by molar-refractivity contribution is 0.0954. The Labute approximate surface area is 119 Å². The summed E-state index contributed by atoms with van der Waals surface area (Å²) in [6.07, 6.45) is 4.72. The molecular formula is C13H21ClN2OS. The van der Waals surface area contributed by atoms with Crippen LogP contribution in [0.1, 0.15) is 33.6 Å². The van der Waals surface area contributed by atoms with E-state index in [4.69, 9.17) is 0 Å². The van der Waals surface area contributed by atoms with E-state index in [2.05, 4.69) is 15.6 Å². The highest BCUT2D eigenvalue weighted by Crippen LogP contribution is 2.29. The molecule has 0 fully saturated rings. The molecule has 2 rings (SSSR count). The number of amides is 1. The minimum absolute atomic E-state index is 0. The van der Waals surface area contributed by atoms with Gasteiger partial charge in [-0.25, -0.2) is 0 Å². The molecule has 1 aromatic heterocycles. The molecule has 0 aromatic carbocycles. The SMILES string of the molecule is CN(C)CCNC(=O)c1scc2c1CCCC2.Cl. The monoisotopic (exact) mass is 288 g/mol. The van der Waals surface area contributed by atoms with Gasteiger partial charge in [-0.1, -0.05) is 0 Å². The maximum absolute atomic E-state index is 12.0. The van der Waals surface area contributed by atoms with Gasteiger partial charge in [-0.05, 0) is 56.3 Å². The van der Waals surface area contributed by atoms with Gasteiger partial charge in [0.2, 0.25) is 0 Å². The minimum atomic E-state index is 0. The number of aryl methyl sites for hydroxylation is 1. The van der Waals surface area contributed by atoms with E-state index in [1.807, 2.05) is 14.1 Å². The number of nitrogens with zero attached hydrogens (tertiary/aromatic N) is 1. The van der Waals surface area contributed by atoms with Crippen LogP contribution in [0.5, 0.6) is 0 Å². The lowest BCUT2D eigenvalue weighted by Crippen LogP contribution is -2.31. The predicted octanol–water partition coefficient (Wildman–Crippen LogP) is 2.34. The largest absolute Gasteiger partial charge is 0.350 e. The Hall–Kier alpha value is -0.580. The first-order valence-corrected chi connectivity index (χ1v) is 7.08. The molecule has 18 heavy (non-hydrogen) atoms. The molecule has 0 atom stereocenters. The zero-order chi connectivity index (χ0) is 12.3. The highest BCUT2D eigenvalue weighted by atomic mass is 35.5. The molecule has 0 unspecified atom stereocenters. The molecule has 5 heteroatoms. The van der Waals surface area contributed by atoms with Crippen LogP contribution in [0.15, 0.2) is 5.38 Å². The zero-order valence-corrected chi connectivity index (χ0v) is 12.6. The van der Waals surface area contributed by atoms with Crippen LogP contribution in [0.25, 0.3) is 0 Å². The molecule has 3 nitrogen and oxygen atoms in total. The second kappa shape index (κ2) is 7.12. The average Bonchev–Trinajstić information content (AvgIpc) is 2.72. The van der Waals surface area contributed by atoms with Gasteiger partial charge in [-0.15, -0.1) is 23.7 Å². The number of thiophene rings is 1.